The van der Waals surface area contributed by atoms with Crippen molar-refractivity contribution < 1.29 is 33.0 Å². The van der Waals surface area contributed by atoms with Crippen LogP contribution in [-0.2, 0) is 19.4 Å². The summed E-state index contributed by atoms with van der Waals surface area (Å²) in [6.07, 6.45) is 0.338. The first-order chi connectivity index (χ1) is 9.01. The van der Waals surface area contributed by atoms with Gasteiger partial charge < -0.3 is 20.8 Å². The summed E-state index contributed by atoms with van der Waals surface area (Å²) in [6.45, 7) is 1.45. The Morgan fingerprint density at radius 1 is 1.15 bits per heavy atom. The van der Waals surface area contributed by atoms with Gasteiger partial charge in [0.25, 0.3) is 0 Å². The molecule has 0 aromatic heterocycles. The molecule has 0 aromatic carbocycles. The SMILES string of the molecule is CC(CS(C)(=O)=O)NC(=O)NC(CCC(=O)O)C(=O)O. The second-order valence-electron chi connectivity index (χ2n) is 4.43. The van der Waals surface area contributed by atoms with Crippen molar-refractivity contribution in [3.63, 3.8) is 0 Å². The molecule has 0 aliphatic carbocycles. The molecule has 10 heteroatoms. The minimum absolute atomic E-state index is 0.265. The molecule has 0 aliphatic heterocycles. The zero-order chi connectivity index (χ0) is 15.9. The quantitative estimate of drug-likeness (QED) is 0.450. The highest BCUT2D eigenvalue weighted by Crippen LogP contribution is 1.98. The van der Waals surface area contributed by atoms with Gasteiger partial charge in [-0.1, -0.05) is 0 Å². The predicted octanol–water partition coefficient (Wildman–Crippen LogP) is -0.963. The molecule has 20 heavy (non-hydrogen) atoms. The van der Waals surface area contributed by atoms with Gasteiger partial charge in [-0.3, -0.25) is 4.79 Å². The molecule has 0 saturated carbocycles. The second-order valence-corrected chi connectivity index (χ2v) is 6.62. The van der Waals surface area contributed by atoms with Crippen molar-refractivity contribution in [2.24, 2.45) is 0 Å². The van der Waals surface area contributed by atoms with Gasteiger partial charge in [-0.15, -0.1) is 0 Å². The Balaban J connectivity index is 4.39. The minimum atomic E-state index is -3.27. The first-order valence-corrected chi connectivity index (χ1v) is 7.76. The normalized spacial score (nSPS) is 14.1. The van der Waals surface area contributed by atoms with Crippen LogP contribution in [0, 0.1) is 0 Å². The van der Waals surface area contributed by atoms with E-state index in [9.17, 15) is 22.8 Å². The minimum Gasteiger partial charge on any atom is -0.481 e. The van der Waals surface area contributed by atoms with E-state index in [2.05, 4.69) is 10.6 Å². The Morgan fingerprint density at radius 3 is 2.10 bits per heavy atom. The molecule has 0 aromatic rings. The monoisotopic (exact) mass is 310 g/mol. The Kier molecular flexibility index (Phi) is 6.97. The summed E-state index contributed by atoms with van der Waals surface area (Å²) in [6, 6.07) is -2.91. The fourth-order valence-corrected chi connectivity index (χ4v) is 2.44. The number of urea groups is 1. The standard InChI is InChI=1S/C10H18N2O7S/c1-6(5-20(2,18)19)11-10(17)12-7(9(15)16)3-4-8(13)14/h6-7H,3-5H2,1-2H3,(H,13,14)(H,15,16)(H2,11,12,17). The number of carbonyl (C=O) groups excluding carboxylic acids is 1. The van der Waals surface area contributed by atoms with Crippen LogP contribution in [0.15, 0.2) is 0 Å². The Bertz CT molecular complexity index is 474. The van der Waals surface area contributed by atoms with Crippen LogP contribution in [0.25, 0.3) is 0 Å². The van der Waals surface area contributed by atoms with Crippen LogP contribution in [0.5, 0.6) is 0 Å². The van der Waals surface area contributed by atoms with Gasteiger partial charge >= 0.3 is 18.0 Å². The van der Waals surface area contributed by atoms with Gasteiger partial charge in [0.15, 0.2) is 0 Å². The molecule has 0 bridgehead atoms. The van der Waals surface area contributed by atoms with E-state index in [0.717, 1.165) is 6.26 Å². The average molecular weight is 310 g/mol. The molecule has 2 unspecified atom stereocenters. The maximum Gasteiger partial charge on any atom is 0.326 e. The third-order valence-electron chi connectivity index (χ3n) is 2.18. The highest BCUT2D eigenvalue weighted by Gasteiger charge is 2.22. The molecule has 0 saturated heterocycles. The van der Waals surface area contributed by atoms with Gasteiger partial charge in [0.05, 0.1) is 5.75 Å². The fourth-order valence-electron chi connectivity index (χ4n) is 1.44. The zero-order valence-electron chi connectivity index (χ0n) is 11.1. The van der Waals surface area contributed by atoms with Crippen LogP contribution in [0.4, 0.5) is 4.79 Å². The topological polar surface area (TPSA) is 150 Å². The van der Waals surface area contributed by atoms with E-state index < -0.39 is 46.3 Å². The van der Waals surface area contributed by atoms with E-state index in [4.69, 9.17) is 10.2 Å². The maximum absolute atomic E-state index is 11.5. The number of hydrogen-bond acceptors (Lipinski definition) is 5. The number of carboxylic acids is 2. The predicted molar refractivity (Wildman–Crippen MR) is 69.1 cm³/mol. The molecule has 0 heterocycles. The van der Waals surface area contributed by atoms with E-state index in [1.54, 1.807) is 0 Å². The Morgan fingerprint density at radius 2 is 1.70 bits per heavy atom. The summed E-state index contributed by atoms with van der Waals surface area (Å²) in [5, 5.41) is 21.6. The molecule has 0 radical (unpaired) electrons. The number of carboxylic acid groups (broad SMARTS) is 2. The number of amides is 2. The summed E-state index contributed by atoms with van der Waals surface area (Å²) >= 11 is 0. The Hall–Kier alpha value is -1.84. The van der Waals surface area contributed by atoms with Crippen molar-refractivity contribution >= 4 is 27.8 Å². The third kappa shape index (κ3) is 9.14. The number of hydrogen-bond donors (Lipinski definition) is 4. The van der Waals surface area contributed by atoms with Crippen LogP contribution < -0.4 is 10.6 Å². The van der Waals surface area contributed by atoms with Gasteiger partial charge in [-0.25, -0.2) is 18.0 Å². The largest absolute Gasteiger partial charge is 0.481 e. The van der Waals surface area contributed by atoms with E-state index in [1.165, 1.54) is 6.92 Å². The lowest BCUT2D eigenvalue weighted by molar-refractivity contribution is -0.140. The van der Waals surface area contributed by atoms with Crippen LogP contribution in [0.2, 0.25) is 0 Å². The number of sulfone groups is 1. The molecule has 9 nitrogen and oxygen atoms in total. The first kappa shape index (κ1) is 18.2. The van der Waals surface area contributed by atoms with Crippen LogP contribution in [0.1, 0.15) is 19.8 Å². The number of nitrogens with one attached hydrogen (secondary N) is 2. The molecule has 0 fully saturated rings. The van der Waals surface area contributed by atoms with Crippen molar-refractivity contribution in [2.45, 2.75) is 31.8 Å². The highest BCUT2D eigenvalue weighted by molar-refractivity contribution is 7.90. The molecular weight excluding hydrogens is 292 g/mol. The molecule has 0 rings (SSSR count). The van der Waals surface area contributed by atoms with Gasteiger partial charge in [0.2, 0.25) is 0 Å². The van der Waals surface area contributed by atoms with E-state index in [-0.39, 0.29) is 12.2 Å². The second kappa shape index (κ2) is 7.68. The smallest absolute Gasteiger partial charge is 0.326 e. The number of aliphatic carboxylic acids is 2. The number of rotatable bonds is 8. The lowest BCUT2D eigenvalue weighted by Crippen LogP contribution is -2.49. The van der Waals surface area contributed by atoms with Gasteiger partial charge in [-0.05, 0) is 13.3 Å². The summed E-state index contributed by atoms with van der Waals surface area (Å²) in [5.74, 6) is -2.83. The summed E-state index contributed by atoms with van der Waals surface area (Å²) < 4.78 is 22.0. The van der Waals surface area contributed by atoms with Crippen molar-refractivity contribution in [1.29, 1.82) is 0 Å². The zero-order valence-corrected chi connectivity index (χ0v) is 11.9. The van der Waals surface area contributed by atoms with Gasteiger partial charge in [0, 0.05) is 18.7 Å². The van der Waals surface area contributed by atoms with Crippen molar-refractivity contribution in [3.8, 4) is 0 Å². The van der Waals surface area contributed by atoms with Crippen LogP contribution in [-0.4, -0.2) is 60.7 Å². The number of carbonyl (C=O) groups is 3. The molecule has 0 aliphatic rings. The van der Waals surface area contributed by atoms with Crippen molar-refractivity contribution in [2.75, 3.05) is 12.0 Å². The summed E-state index contributed by atoms with van der Waals surface area (Å²) in [7, 11) is -3.27. The lowest BCUT2D eigenvalue weighted by atomic mass is 10.1. The summed E-state index contributed by atoms with van der Waals surface area (Å²) in [4.78, 5) is 32.7. The van der Waals surface area contributed by atoms with Gasteiger partial charge in [0.1, 0.15) is 15.9 Å². The van der Waals surface area contributed by atoms with Crippen LogP contribution in [0.3, 0.4) is 0 Å². The lowest BCUT2D eigenvalue weighted by Gasteiger charge is -2.17. The maximum atomic E-state index is 11.5. The third-order valence-corrected chi connectivity index (χ3v) is 3.29. The molecule has 4 N–H and O–H groups in total. The summed E-state index contributed by atoms with van der Waals surface area (Å²) in [5.41, 5.74) is 0. The van der Waals surface area contributed by atoms with Crippen LogP contribution >= 0.6 is 0 Å². The highest BCUT2D eigenvalue weighted by atomic mass is 32.2. The Labute approximate surface area is 116 Å². The van der Waals surface area contributed by atoms with E-state index in [0.29, 0.717) is 0 Å². The first-order valence-electron chi connectivity index (χ1n) is 5.70. The molecule has 0 spiro atoms. The molecule has 2 amide bonds. The van der Waals surface area contributed by atoms with Gasteiger partial charge in [-0.2, -0.15) is 0 Å². The fraction of sp³-hybridized carbons (Fsp3) is 0.700. The average Bonchev–Trinajstić information content (AvgIpc) is 2.20. The van der Waals surface area contributed by atoms with Crippen molar-refractivity contribution in [1.82, 2.24) is 10.6 Å². The molecule has 2 atom stereocenters. The molecule has 116 valence electrons. The van der Waals surface area contributed by atoms with Crippen molar-refractivity contribution in [3.05, 3.63) is 0 Å². The van der Waals surface area contributed by atoms with E-state index in [1.807, 2.05) is 0 Å². The molecular formula is C10H18N2O7S. The van der Waals surface area contributed by atoms with E-state index >= 15 is 0 Å².